The van der Waals surface area contributed by atoms with E-state index in [1.165, 1.54) is 6.92 Å². The van der Waals surface area contributed by atoms with Crippen molar-refractivity contribution in [2.75, 3.05) is 6.61 Å². The number of hydrogen-bond acceptors (Lipinski definition) is 10. The van der Waals surface area contributed by atoms with Crippen molar-refractivity contribution in [3.05, 3.63) is 0 Å². The number of carbonyl (C=O) groups is 1. The first kappa shape index (κ1) is 19.6. The number of hydrogen-bond donors (Lipinski definition) is 6. The Hall–Kier alpha value is -0.690. The number of Topliss-reactive ketones (excluding diaryl/α,β-unsaturated/α-hetero) is 1. The van der Waals surface area contributed by atoms with Gasteiger partial charge in [0.05, 0.1) is 12.7 Å². The summed E-state index contributed by atoms with van der Waals surface area (Å²) in [4.78, 5) is 11.4. The molecule has 6 N–H and O–H groups in total. The summed E-state index contributed by atoms with van der Waals surface area (Å²) < 4.78 is 15.8. The van der Waals surface area contributed by atoms with E-state index in [1.807, 2.05) is 0 Å². The lowest BCUT2D eigenvalue weighted by Crippen LogP contribution is -2.61. The summed E-state index contributed by atoms with van der Waals surface area (Å²) in [6.45, 7) is 2.32. The van der Waals surface area contributed by atoms with Crippen LogP contribution in [0.1, 0.15) is 13.8 Å². The van der Waals surface area contributed by atoms with Crippen LogP contribution in [0.2, 0.25) is 0 Å². The Balaban J connectivity index is 1.98. The molecule has 0 aromatic rings. The number of ether oxygens (including phenoxy) is 3. The quantitative estimate of drug-likeness (QED) is 0.296. The van der Waals surface area contributed by atoms with Crippen molar-refractivity contribution >= 4 is 5.78 Å². The summed E-state index contributed by atoms with van der Waals surface area (Å²) in [5.41, 5.74) is 0. The third-order valence-electron chi connectivity index (χ3n) is 4.35. The van der Waals surface area contributed by atoms with E-state index in [0.717, 1.165) is 6.92 Å². The second kappa shape index (κ2) is 7.68. The molecule has 0 aliphatic carbocycles. The van der Waals surface area contributed by atoms with Gasteiger partial charge in [0.1, 0.15) is 48.8 Å². The number of ketones is 1. The summed E-state index contributed by atoms with van der Waals surface area (Å²) in [7, 11) is 0. The predicted molar refractivity (Wildman–Crippen MR) is 75.7 cm³/mol. The lowest BCUT2D eigenvalue weighted by molar-refractivity contribution is -0.304. The van der Waals surface area contributed by atoms with Crippen molar-refractivity contribution in [1.29, 1.82) is 0 Å². The molecule has 140 valence electrons. The lowest BCUT2D eigenvalue weighted by Gasteiger charge is -2.42. The fourth-order valence-corrected chi connectivity index (χ4v) is 2.79. The van der Waals surface area contributed by atoms with E-state index in [-0.39, 0.29) is 6.61 Å². The second-order valence-electron chi connectivity index (χ2n) is 6.19. The molecule has 10 nitrogen and oxygen atoms in total. The minimum Gasteiger partial charge on any atom is -0.388 e. The molecule has 4 unspecified atom stereocenters. The van der Waals surface area contributed by atoms with Crippen LogP contribution in [-0.4, -0.2) is 104 Å². The van der Waals surface area contributed by atoms with Crippen LogP contribution in [0.5, 0.6) is 0 Å². The molecule has 0 spiro atoms. The highest BCUT2D eigenvalue weighted by atomic mass is 16.7. The van der Waals surface area contributed by atoms with Crippen molar-refractivity contribution in [2.45, 2.75) is 75.1 Å². The Labute approximate surface area is 138 Å². The van der Waals surface area contributed by atoms with E-state index in [9.17, 15) is 35.4 Å². The average Bonchev–Trinajstić information content (AvgIpc) is 2.54. The molecule has 2 aliphatic rings. The molecule has 0 aromatic heterocycles. The van der Waals surface area contributed by atoms with Crippen LogP contribution in [0.15, 0.2) is 0 Å². The van der Waals surface area contributed by atoms with Crippen molar-refractivity contribution in [2.24, 2.45) is 0 Å². The smallest absolute Gasteiger partial charge is 0.187 e. The van der Waals surface area contributed by atoms with Gasteiger partial charge in [-0.25, -0.2) is 0 Å². The minimum absolute atomic E-state index is 0.343. The zero-order chi connectivity index (χ0) is 18.2. The Morgan fingerprint density at radius 1 is 0.875 bits per heavy atom. The normalized spacial score (nSPS) is 49.8. The van der Waals surface area contributed by atoms with E-state index in [0.29, 0.717) is 0 Å². The fourth-order valence-electron chi connectivity index (χ4n) is 2.79. The highest BCUT2D eigenvalue weighted by Gasteiger charge is 2.47. The van der Waals surface area contributed by atoms with E-state index < -0.39 is 67.0 Å². The average molecular weight is 352 g/mol. The van der Waals surface area contributed by atoms with Gasteiger partial charge in [-0.15, -0.1) is 0 Å². The first-order valence-corrected chi connectivity index (χ1v) is 7.66. The van der Waals surface area contributed by atoms with Gasteiger partial charge in [0.2, 0.25) is 0 Å². The van der Waals surface area contributed by atoms with Crippen molar-refractivity contribution < 1.29 is 49.6 Å². The van der Waals surface area contributed by atoms with Crippen LogP contribution in [0, 0.1) is 0 Å². The molecule has 0 radical (unpaired) electrons. The molecule has 2 aliphatic heterocycles. The van der Waals surface area contributed by atoms with Gasteiger partial charge in [0, 0.05) is 0 Å². The molecule has 2 fully saturated rings. The van der Waals surface area contributed by atoms with Crippen molar-refractivity contribution in [1.82, 2.24) is 0 Å². The molecule has 10 atom stereocenters. The minimum atomic E-state index is -1.65. The number of aliphatic hydroxyl groups is 6. The monoisotopic (exact) mass is 352 g/mol. The van der Waals surface area contributed by atoms with E-state index in [2.05, 4.69) is 0 Å². The van der Waals surface area contributed by atoms with Crippen LogP contribution in [0.3, 0.4) is 0 Å². The molecule has 2 saturated heterocycles. The molecular formula is C14H24O10. The second-order valence-corrected chi connectivity index (χ2v) is 6.19. The van der Waals surface area contributed by atoms with Gasteiger partial charge in [-0.3, -0.25) is 4.79 Å². The van der Waals surface area contributed by atoms with E-state index >= 15 is 0 Å². The summed E-state index contributed by atoms with van der Waals surface area (Å²) >= 11 is 0. The molecule has 0 amide bonds. The Morgan fingerprint density at radius 2 is 1.46 bits per heavy atom. The van der Waals surface area contributed by atoms with Gasteiger partial charge in [0.25, 0.3) is 0 Å². The van der Waals surface area contributed by atoms with Crippen molar-refractivity contribution in [3.8, 4) is 0 Å². The molecule has 2 heterocycles. The first-order valence-electron chi connectivity index (χ1n) is 7.66. The fraction of sp³-hybridized carbons (Fsp3) is 0.929. The SMILES string of the molecule is CC(=O)C1O[C@H](OCC2O[C@@H](C)C(O)[C@@H](O)[C@@H]2O)C(O)[C@@H](O)[C@H]1O. The molecular weight excluding hydrogens is 328 g/mol. The van der Waals surface area contributed by atoms with E-state index in [4.69, 9.17) is 14.2 Å². The maximum absolute atomic E-state index is 11.4. The third-order valence-corrected chi connectivity index (χ3v) is 4.35. The van der Waals surface area contributed by atoms with Gasteiger partial charge in [-0.2, -0.15) is 0 Å². The van der Waals surface area contributed by atoms with Gasteiger partial charge < -0.3 is 44.8 Å². The van der Waals surface area contributed by atoms with Crippen LogP contribution in [-0.2, 0) is 19.0 Å². The summed E-state index contributed by atoms with van der Waals surface area (Å²) in [6, 6.07) is 0. The molecule has 0 bridgehead atoms. The highest BCUT2D eigenvalue weighted by Crippen LogP contribution is 2.25. The Kier molecular flexibility index (Phi) is 6.29. The molecule has 24 heavy (non-hydrogen) atoms. The number of rotatable bonds is 4. The number of aliphatic hydroxyl groups excluding tert-OH is 6. The Morgan fingerprint density at radius 3 is 2.04 bits per heavy atom. The first-order chi connectivity index (χ1) is 11.1. The maximum Gasteiger partial charge on any atom is 0.187 e. The zero-order valence-corrected chi connectivity index (χ0v) is 13.3. The van der Waals surface area contributed by atoms with Crippen molar-refractivity contribution in [3.63, 3.8) is 0 Å². The van der Waals surface area contributed by atoms with Gasteiger partial charge in [-0.05, 0) is 13.8 Å². The maximum atomic E-state index is 11.4. The lowest BCUT2D eigenvalue weighted by atomic mass is 9.95. The zero-order valence-electron chi connectivity index (χ0n) is 13.3. The van der Waals surface area contributed by atoms with Gasteiger partial charge >= 0.3 is 0 Å². The molecule has 0 aromatic carbocycles. The van der Waals surface area contributed by atoms with Crippen LogP contribution < -0.4 is 0 Å². The van der Waals surface area contributed by atoms with Gasteiger partial charge in [-0.1, -0.05) is 0 Å². The van der Waals surface area contributed by atoms with Crippen LogP contribution >= 0.6 is 0 Å². The summed E-state index contributed by atoms with van der Waals surface area (Å²) in [5.74, 6) is -0.553. The van der Waals surface area contributed by atoms with Gasteiger partial charge in [0.15, 0.2) is 12.1 Å². The third kappa shape index (κ3) is 3.77. The standard InChI is InChI=1S/C14H24O10/c1-4(15)13-11(20)10(19)12(21)14(24-13)22-3-6-8(17)9(18)7(16)5(2)23-6/h5-14,16-21H,3H2,1-2H3/t5-,6?,7?,8+,9+,10-,11+,12?,13?,14-/m0/s1. The molecule has 0 saturated carbocycles. The van der Waals surface area contributed by atoms with Crippen LogP contribution in [0.25, 0.3) is 0 Å². The Bertz CT molecular complexity index is 445. The summed E-state index contributed by atoms with van der Waals surface area (Å²) in [6.07, 6.45) is -13.6. The van der Waals surface area contributed by atoms with Crippen LogP contribution in [0.4, 0.5) is 0 Å². The number of carbonyl (C=O) groups excluding carboxylic acids is 1. The highest BCUT2D eigenvalue weighted by molar-refractivity contribution is 5.81. The molecule has 2 rings (SSSR count). The predicted octanol–water partition coefficient (Wildman–Crippen LogP) is -3.73. The summed E-state index contributed by atoms with van der Waals surface area (Å²) in [5, 5.41) is 58.6. The van der Waals surface area contributed by atoms with E-state index in [1.54, 1.807) is 0 Å². The largest absolute Gasteiger partial charge is 0.388 e. The topological polar surface area (TPSA) is 166 Å². The molecule has 10 heteroatoms.